The van der Waals surface area contributed by atoms with Crippen molar-refractivity contribution in [3.8, 4) is 0 Å². The number of guanidine groups is 1. The molecule has 1 unspecified atom stereocenters. The molecule has 0 aliphatic carbocycles. The van der Waals surface area contributed by atoms with Gasteiger partial charge in [-0.05, 0) is 44.4 Å². The molecule has 0 saturated carbocycles. The minimum absolute atomic E-state index is 0.0103. The number of likely N-dealkylation sites (tertiary alicyclic amines) is 1. The second kappa shape index (κ2) is 9.85. The maximum atomic E-state index is 11.5. The number of primary amides is 1. The third kappa shape index (κ3) is 6.37. The van der Waals surface area contributed by atoms with Gasteiger partial charge in [-0.15, -0.1) is 0 Å². The van der Waals surface area contributed by atoms with Crippen molar-refractivity contribution < 1.29 is 4.79 Å². The Balaban J connectivity index is 1.56. The van der Waals surface area contributed by atoms with E-state index in [0.29, 0.717) is 0 Å². The maximum Gasteiger partial charge on any atom is 0.221 e. The summed E-state index contributed by atoms with van der Waals surface area (Å²) in [7, 11) is 1.86. The Bertz CT molecular complexity index is 736. The summed E-state index contributed by atoms with van der Waals surface area (Å²) in [5.74, 6) is 1.93. The first-order valence-corrected chi connectivity index (χ1v) is 11.5. The van der Waals surface area contributed by atoms with Crippen molar-refractivity contribution in [1.82, 2.24) is 15.1 Å². The summed E-state index contributed by atoms with van der Waals surface area (Å²) in [6.45, 7) is 10.1. The van der Waals surface area contributed by atoms with Gasteiger partial charge in [-0.1, -0.05) is 24.3 Å². The van der Waals surface area contributed by atoms with Crippen LogP contribution in [-0.2, 0) is 17.9 Å². The first-order valence-electron chi connectivity index (χ1n) is 10.6. The number of nitrogens with two attached hydrogens (primary N) is 1. The molecule has 6 nitrogen and oxygen atoms in total. The Hall–Kier alpha value is -1.73. The molecule has 7 heteroatoms. The van der Waals surface area contributed by atoms with Crippen LogP contribution in [0.1, 0.15) is 37.8 Å². The number of benzene rings is 1. The minimum atomic E-state index is -0.168. The van der Waals surface area contributed by atoms with Crippen LogP contribution >= 0.6 is 11.8 Å². The second-order valence-corrected chi connectivity index (χ2v) is 10.5. The van der Waals surface area contributed by atoms with Crippen molar-refractivity contribution in [2.45, 2.75) is 44.5 Å². The van der Waals surface area contributed by atoms with Crippen LogP contribution < -0.4 is 11.1 Å². The highest BCUT2D eigenvalue weighted by molar-refractivity contribution is 8.00. The minimum Gasteiger partial charge on any atom is -0.369 e. The molecule has 0 aromatic heterocycles. The molecule has 1 amide bonds. The van der Waals surface area contributed by atoms with Crippen LogP contribution in [0, 0.1) is 5.92 Å². The van der Waals surface area contributed by atoms with E-state index in [2.05, 4.69) is 58.2 Å². The van der Waals surface area contributed by atoms with E-state index in [-0.39, 0.29) is 16.6 Å². The fraction of sp³-hybridized carbons (Fsp3) is 0.636. The zero-order valence-corrected chi connectivity index (χ0v) is 18.8. The van der Waals surface area contributed by atoms with Crippen molar-refractivity contribution >= 4 is 23.6 Å². The smallest absolute Gasteiger partial charge is 0.221 e. The second-order valence-electron chi connectivity index (χ2n) is 8.73. The monoisotopic (exact) mass is 417 g/mol. The third-order valence-electron chi connectivity index (χ3n) is 5.69. The molecule has 0 spiro atoms. The fourth-order valence-electron chi connectivity index (χ4n) is 4.24. The van der Waals surface area contributed by atoms with Gasteiger partial charge in [0.15, 0.2) is 5.96 Å². The summed E-state index contributed by atoms with van der Waals surface area (Å²) in [6, 6.07) is 8.69. The molecule has 3 rings (SSSR count). The third-order valence-corrected chi connectivity index (χ3v) is 6.99. The largest absolute Gasteiger partial charge is 0.369 e. The molecule has 1 aromatic rings. The van der Waals surface area contributed by atoms with Gasteiger partial charge < -0.3 is 16.0 Å². The molecule has 160 valence electrons. The van der Waals surface area contributed by atoms with Crippen LogP contribution in [0.2, 0.25) is 0 Å². The number of aliphatic imine (C=N–C) groups is 1. The molecule has 3 N–H and O–H groups in total. The molecule has 1 aromatic carbocycles. The molecule has 1 atom stereocenters. The highest BCUT2D eigenvalue weighted by Crippen LogP contribution is 2.29. The summed E-state index contributed by atoms with van der Waals surface area (Å²) >= 11 is 2.03. The maximum absolute atomic E-state index is 11.5. The Morgan fingerprint density at radius 1 is 1.34 bits per heavy atom. The van der Waals surface area contributed by atoms with E-state index in [0.717, 1.165) is 63.8 Å². The number of thioether (sulfide) groups is 1. The highest BCUT2D eigenvalue weighted by Gasteiger charge is 2.28. The standard InChI is InChI=1S/C22H35N5OS/c1-22(2)16-27(10-11-29-22)21(24-3)25-13-17-6-4-7-18(12-17)14-26-9-5-8-19(15-26)20(23)28/h4,6-7,12,19H,5,8-11,13-16H2,1-3H3,(H2,23,28)(H,24,25). The van der Waals surface area contributed by atoms with Gasteiger partial charge in [0.2, 0.25) is 5.91 Å². The Kier molecular flexibility index (Phi) is 7.46. The van der Waals surface area contributed by atoms with Crippen molar-refractivity contribution in [1.29, 1.82) is 0 Å². The highest BCUT2D eigenvalue weighted by atomic mass is 32.2. The number of piperidine rings is 1. The summed E-state index contributed by atoms with van der Waals surface area (Å²) in [4.78, 5) is 20.7. The molecule has 0 bridgehead atoms. The number of carbonyl (C=O) groups excluding carboxylic acids is 1. The van der Waals surface area contributed by atoms with Crippen LogP contribution in [0.4, 0.5) is 0 Å². The van der Waals surface area contributed by atoms with E-state index in [9.17, 15) is 4.79 Å². The number of hydrogen-bond acceptors (Lipinski definition) is 4. The molecule has 2 fully saturated rings. The SMILES string of the molecule is CN=C(NCc1cccc(CN2CCCC(C(N)=O)C2)c1)N1CCSC(C)(C)C1. The van der Waals surface area contributed by atoms with E-state index in [4.69, 9.17) is 5.73 Å². The predicted molar refractivity (Wildman–Crippen MR) is 122 cm³/mol. The number of amides is 1. The predicted octanol–water partition coefficient (Wildman–Crippen LogP) is 2.29. The Morgan fingerprint density at radius 2 is 2.14 bits per heavy atom. The van der Waals surface area contributed by atoms with Gasteiger partial charge in [-0.3, -0.25) is 14.7 Å². The molecule has 0 radical (unpaired) electrons. The van der Waals surface area contributed by atoms with Crippen LogP contribution in [0.5, 0.6) is 0 Å². The molecule has 2 aliphatic heterocycles. The topological polar surface area (TPSA) is 74.0 Å². The fourth-order valence-corrected chi connectivity index (χ4v) is 5.35. The van der Waals surface area contributed by atoms with Crippen LogP contribution in [0.15, 0.2) is 29.3 Å². The summed E-state index contributed by atoms with van der Waals surface area (Å²) in [5, 5.41) is 3.54. The van der Waals surface area contributed by atoms with E-state index in [1.165, 1.54) is 11.1 Å². The van der Waals surface area contributed by atoms with Gasteiger partial charge in [0, 0.05) is 50.3 Å². The van der Waals surface area contributed by atoms with Gasteiger partial charge in [0.05, 0.1) is 5.92 Å². The zero-order valence-electron chi connectivity index (χ0n) is 18.0. The van der Waals surface area contributed by atoms with Crippen molar-refractivity contribution in [3.05, 3.63) is 35.4 Å². The van der Waals surface area contributed by atoms with Crippen LogP contribution in [-0.4, -0.2) is 65.4 Å². The average Bonchev–Trinajstić information content (AvgIpc) is 2.68. The van der Waals surface area contributed by atoms with Crippen molar-refractivity contribution in [3.63, 3.8) is 0 Å². The lowest BCUT2D eigenvalue weighted by molar-refractivity contribution is -0.123. The lowest BCUT2D eigenvalue weighted by Gasteiger charge is -2.39. The van der Waals surface area contributed by atoms with Crippen molar-refractivity contribution in [2.75, 3.05) is 39.0 Å². The van der Waals surface area contributed by atoms with E-state index in [1.54, 1.807) is 0 Å². The average molecular weight is 418 g/mol. The number of hydrogen-bond donors (Lipinski definition) is 2. The van der Waals surface area contributed by atoms with Crippen LogP contribution in [0.3, 0.4) is 0 Å². The van der Waals surface area contributed by atoms with Gasteiger partial charge in [-0.25, -0.2) is 0 Å². The zero-order chi connectivity index (χ0) is 20.9. The van der Waals surface area contributed by atoms with Gasteiger partial charge in [0.1, 0.15) is 0 Å². The first-order chi connectivity index (χ1) is 13.9. The molecule has 2 heterocycles. The molecule has 2 aliphatic rings. The molecule has 2 saturated heterocycles. The van der Waals surface area contributed by atoms with Crippen LogP contribution in [0.25, 0.3) is 0 Å². The summed E-state index contributed by atoms with van der Waals surface area (Å²) < 4.78 is 0.257. The number of nitrogens with one attached hydrogen (secondary N) is 1. The lowest BCUT2D eigenvalue weighted by atomic mass is 9.97. The number of nitrogens with zero attached hydrogens (tertiary/aromatic N) is 3. The molecular weight excluding hydrogens is 382 g/mol. The Labute approximate surface area is 179 Å². The number of rotatable bonds is 5. The first kappa shape index (κ1) is 22.0. The normalized spacial score (nSPS) is 23.1. The lowest BCUT2D eigenvalue weighted by Crippen LogP contribution is -2.50. The van der Waals surface area contributed by atoms with Gasteiger partial charge >= 0.3 is 0 Å². The Morgan fingerprint density at radius 3 is 2.86 bits per heavy atom. The quantitative estimate of drug-likeness (QED) is 0.568. The van der Waals surface area contributed by atoms with E-state index in [1.807, 2.05) is 18.8 Å². The van der Waals surface area contributed by atoms with Gasteiger partial charge in [-0.2, -0.15) is 11.8 Å². The summed E-state index contributed by atoms with van der Waals surface area (Å²) in [5.41, 5.74) is 8.04. The number of carbonyl (C=O) groups is 1. The van der Waals surface area contributed by atoms with Crippen molar-refractivity contribution in [2.24, 2.45) is 16.6 Å². The van der Waals surface area contributed by atoms with Gasteiger partial charge in [0.25, 0.3) is 0 Å². The molecular formula is C22H35N5OS. The van der Waals surface area contributed by atoms with E-state index < -0.39 is 0 Å². The molecule has 29 heavy (non-hydrogen) atoms. The summed E-state index contributed by atoms with van der Waals surface area (Å²) in [6.07, 6.45) is 1.95. The van der Waals surface area contributed by atoms with E-state index >= 15 is 0 Å².